The molecule has 20 heavy (non-hydrogen) atoms. The van der Waals surface area contributed by atoms with Crippen LogP contribution in [0, 0.1) is 5.41 Å². The van der Waals surface area contributed by atoms with Gasteiger partial charge < -0.3 is 5.32 Å². The van der Waals surface area contributed by atoms with Gasteiger partial charge in [0.05, 0.1) is 0 Å². The first-order valence-electron chi connectivity index (χ1n) is 8.19. The lowest BCUT2D eigenvalue weighted by Crippen LogP contribution is -2.54. The standard InChI is InChI=1S/C18H24BrN/c19-15-5-3-4-14(10-15)18(13-20-16-6-7-16)11-17(12-18)8-1-2-9-17/h3-5,10,16,20H,1-2,6-9,11-13H2. The van der Waals surface area contributed by atoms with Crippen LogP contribution in [0.1, 0.15) is 56.9 Å². The van der Waals surface area contributed by atoms with Crippen molar-refractivity contribution in [3.63, 3.8) is 0 Å². The van der Waals surface area contributed by atoms with E-state index in [1.54, 1.807) is 5.56 Å². The van der Waals surface area contributed by atoms with Gasteiger partial charge in [0.25, 0.3) is 0 Å². The maximum atomic E-state index is 3.81. The van der Waals surface area contributed by atoms with Gasteiger partial charge in [0.1, 0.15) is 0 Å². The normalized spacial score (nSPS) is 26.6. The van der Waals surface area contributed by atoms with E-state index in [9.17, 15) is 0 Å². The zero-order chi connectivity index (χ0) is 13.6. The van der Waals surface area contributed by atoms with E-state index >= 15 is 0 Å². The van der Waals surface area contributed by atoms with Crippen LogP contribution in [-0.2, 0) is 5.41 Å². The van der Waals surface area contributed by atoms with Crippen molar-refractivity contribution in [2.75, 3.05) is 6.54 Å². The molecule has 0 atom stereocenters. The minimum Gasteiger partial charge on any atom is -0.313 e. The van der Waals surface area contributed by atoms with Gasteiger partial charge in [0.2, 0.25) is 0 Å². The summed E-state index contributed by atoms with van der Waals surface area (Å²) >= 11 is 3.65. The van der Waals surface area contributed by atoms with Crippen molar-refractivity contribution >= 4 is 15.9 Å². The second-order valence-electron chi connectivity index (χ2n) is 7.51. The molecule has 1 spiro atoms. The third-order valence-corrected chi connectivity index (χ3v) is 6.33. The molecule has 3 aliphatic carbocycles. The Morgan fingerprint density at radius 3 is 2.55 bits per heavy atom. The molecule has 0 aliphatic heterocycles. The Kier molecular flexibility index (Phi) is 3.23. The fraction of sp³-hybridized carbons (Fsp3) is 0.667. The van der Waals surface area contributed by atoms with Gasteiger partial charge in [-0.3, -0.25) is 0 Å². The van der Waals surface area contributed by atoms with Crippen molar-refractivity contribution in [3.05, 3.63) is 34.3 Å². The molecule has 108 valence electrons. The molecule has 4 rings (SSSR count). The van der Waals surface area contributed by atoms with E-state index in [2.05, 4.69) is 45.5 Å². The van der Waals surface area contributed by atoms with Crippen molar-refractivity contribution in [2.24, 2.45) is 5.41 Å². The van der Waals surface area contributed by atoms with Crippen LogP contribution in [0.5, 0.6) is 0 Å². The van der Waals surface area contributed by atoms with Gasteiger partial charge in [-0.2, -0.15) is 0 Å². The minimum atomic E-state index is 0.413. The quantitative estimate of drug-likeness (QED) is 0.834. The van der Waals surface area contributed by atoms with Gasteiger partial charge in [-0.15, -0.1) is 0 Å². The fourth-order valence-corrected chi connectivity index (χ4v) is 5.14. The average Bonchev–Trinajstić information content (AvgIpc) is 3.11. The molecule has 1 N–H and O–H groups in total. The van der Waals surface area contributed by atoms with Crippen molar-refractivity contribution in [1.29, 1.82) is 0 Å². The molecule has 1 aromatic rings. The lowest BCUT2D eigenvalue weighted by atomic mass is 9.49. The molecule has 0 saturated heterocycles. The second kappa shape index (κ2) is 4.84. The molecule has 1 aromatic carbocycles. The predicted molar refractivity (Wildman–Crippen MR) is 87.0 cm³/mol. The van der Waals surface area contributed by atoms with Gasteiger partial charge in [0.15, 0.2) is 0 Å². The number of hydrogen-bond acceptors (Lipinski definition) is 1. The maximum absolute atomic E-state index is 3.81. The molecular formula is C18H24BrN. The number of nitrogens with one attached hydrogen (secondary N) is 1. The SMILES string of the molecule is Brc1cccc(C2(CNC3CC3)CC3(CCCC3)C2)c1. The highest BCUT2D eigenvalue weighted by molar-refractivity contribution is 9.10. The molecule has 2 heteroatoms. The summed E-state index contributed by atoms with van der Waals surface area (Å²) in [6.07, 6.45) is 11.5. The lowest BCUT2D eigenvalue weighted by Gasteiger charge is -2.56. The smallest absolute Gasteiger partial charge is 0.0178 e. The summed E-state index contributed by atoms with van der Waals surface area (Å²) in [5, 5.41) is 3.81. The highest BCUT2D eigenvalue weighted by Crippen LogP contribution is 2.62. The maximum Gasteiger partial charge on any atom is 0.0178 e. The zero-order valence-corrected chi connectivity index (χ0v) is 13.7. The van der Waals surface area contributed by atoms with Crippen LogP contribution >= 0.6 is 15.9 Å². The molecule has 3 fully saturated rings. The Balaban J connectivity index is 1.57. The first-order chi connectivity index (χ1) is 9.70. The Bertz CT molecular complexity index is 492. The molecule has 0 amide bonds. The van der Waals surface area contributed by atoms with Gasteiger partial charge in [-0.05, 0) is 61.6 Å². The lowest BCUT2D eigenvalue weighted by molar-refractivity contribution is 0.0267. The van der Waals surface area contributed by atoms with Gasteiger partial charge in [0, 0.05) is 22.5 Å². The fourth-order valence-electron chi connectivity index (χ4n) is 4.74. The largest absolute Gasteiger partial charge is 0.313 e. The molecule has 0 bridgehead atoms. The highest BCUT2D eigenvalue weighted by Gasteiger charge is 2.55. The molecule has 0 unspecified atom stereocenters. The van der Waals surface area contributed by atoms with E-state index in [0.29, 0.717) is 10.8 Å². The van der Waals surface area contributed by atoms with Crippen LogP contribution in [-0.4, -0.2) is 12.6 Å². The predicted octanol–water partition coefficient (Wildman–Crippen LogP) is 4.79. The monoisotopic (exact) mass is 333 g/mol. The van der Waals surface area contributed by atoms with E-state index in [1.807, 2.05) is 0 Å². The van der Waals surface area contributed by atoms with Crippen molar-refractivity contribution < 1.29 is 0 Å². The van der Waals surface area contributed by atoms with Crippen LogP contribution < -0.4 is 5.32 Å². The molecule has 3 aliphatic rings. The third kappa shape index (κ3) is 2.35. The van der Waals surface area contributed by atoms with Gasteiger partial charge >= 0.3 is 0 Å². The second-order valence-corrected chi connectivity index (χ2v) is 8.42. The summed E-state index contributed by atoms with van der Waals surface area (Å²) in [5.74, 6) is 0. The van der Waals surface area contributed by atoms with Crippen molar-refractivity contribution in [1.82, 2.24) is 5.32 Å². The van der Waals surface area contributed by atoms with E-state index in [1.165, 1.54) is 62.4 Å². The Labute approximate surface area is 130 Å². The van der Waals surface area contributed by atoms with E-state index in [-0.39, 0.29) is 0 Å². The highest BCUT2D eigenvalue weighted by atomic mass is 79.9. The van der Waals surface area contributed by atoms with E-state index in [0.717, 1.165) is 6.04 Å². The summed E-state index contributed by atoms with van der Waals surface area (Å²) in [7, 11) is 0. The van der Waals surface area contributed by atoms with Crippen molar-refractivity contribution in [3.8, 4) is 0 Å². The first-order valence-corrected chi connectivity index (χ1v) is 8.99. The zero-order valence-electron chi connectivity index (χ0n) is 12.1. The van der Waals surface area contributed by atoms with E-state index in [4.69, 9.17) is 0 Å². The Morgan fingerprint density at radius 1 is 1.15 bits per heavy atom. The number of benzene rings is 1. The summed E-state index contributed by atoms with van der Waals surface area (Å²) < 4.78 is 1.23. The number of halogens is 1. The molecule has 0 aromatic heterocycles. The Hall–Kier alpha value is -0.340. The van der Waals surface area contributed by atoms with Crippen molar-refractivity contribution in [2.45, 2.75) is 62.8 Å². The minimum absolute atomic E-state index is 0.413. The van der Waals surface area contributed by atoms with Gasteiger partial charge in [-0.25, -0.2) is 0 Å². The molecule has 1 nitrogen and oxygen atoms in total. The number of rotatable bonds is 4. The topological polar surface area (TPSA) is 12.0 Å². The van der Waals surface area contributed by atoms with Crippen LogP contribution in [0.15, 0.2) is 28.7 Å². The number of hydrogen-bond donors (Lipinski definition) is 1. The molecular weight excluding hydrogens is 310 g/mol. The summed E-state index contributed by atoms with van der Waals surface area (Å²) in [6.45, 7) is 1.19. The first kappa shape index (κ1) is 13.3. The molecule has 3 saturated carbocycles. The third-order valence-electron chi connectivity index (χ3n) is 5.83. The van der Waals surface area contributed by atoms with Crippen LogP contribution in [0.3, 0.4) is 0 Å². The van der Waals surface area contributed by atoms with Crippen LogP contribution in [0.4, 0.5) is 0 Å². The summed E-state index contributed by atoms with van der Waals surface area (Å²) in [4.78, 5) is 0. The van der Waals surface area contributed by atoms with Gasteiger partial charge in [-0.1, -0.05) is 40.9 Å². The molecule has 0 radical (unpaired) electrons. The molecule has 0 heterocycles. The average molecular weight is 334 g/mol. The van der Waals surface area contributed by atoms with E-state index < -0.39 is 0 Å². The summed E-state index contributed by atoms with van der Waals surface area (Å²) in [6, 6.07) is 9.88. The summed E-state index contributed by atoms with van der Waals surface area (Å²) in [5.41, 5.74) is 2.67. The Morgan fingerprint density at radius 2 is 1.90 bits per heavy atom. The van der Waals surface area contributed by atoms with Crippen LogP contribution in [0.2, 0.25) is 0 Å². The van der Waals surface area contributed by atoms with Crippen LogP contribution in [0.25, 0.3) is 0 Å².